The largest absolute Gasteiger partial charge is 0.494 e. The predicted molar refractivity (Wildman–Crippen MR) is 66.0 cm³/mol. The molecule has 0 saturated carbocycles. The smallest absolute Gasteiger partial charge is 0.279 e. The molecular weight excluding hydrogens is 238 g/mol. The fraction of sp³-hybridized carbons (Fsp3) is 0.364. The highest BCUT2D eigenvalue weighted by atomic mass is 16.6. The molecule has 0 aromatic heterocycles. The number of nitrogens with zero attached hydrogens (tertiary/aromatic N) is 1. The van der Waals surface area contributed by atoms with Gasteiger partial charge in [0.2, 0.25) is 0 Å². The molecule has 0 aliphatic heterocycles. The molecule has 0 unspecified atom stereocenters. The van der Waals surface area contributed by atoms with E-state index in [1.807, 2.05) is 14.1 Å². The molecule has 0 atom stereocenters. The van der Waals surface area contributed by atoms with Gasteiger partial charge in [-0.2, -0.15) is 0 Å². The molecule has 2 N–H and O–H groups in total. The van der Waals surface area contributed by atoms with Gasteiger partial charge in [0.05, 0.1) is 37.9 Å². The summed E-state index contributed by atoms with van der Waals surface area (Å²) in [4.78, 5) is 22.7. The minimum absolute atomic E-state index is 0.0805. The van der Waals surface area contributed by atoms with Crippen molar-refractivity contribution in [1.82, 2.24) is 0 Å². The number of quaternary nitrogens is 1. The van der Waals surface area contributed by atoms with Crippen LogP contribution in [0.4, 0.5) is 11.4 Å². The molecule has 0 heterocycles. The number of nitro groups is 1. The normalized spacial score (nSPS) is 10.2. The first-order valence-electron chi connectivity index (χ1n) is 5.35. The van der Waals surface area contributed by atoms with Crippen LogP contribution in [0.25, 0.3) is 0 Å². The van der Waals surface area contributed by atoms with E-state index in [9.17, 15) is 14.9 Å². The Kier molecular flexibility index (Phi) is 4.61. The average Bonchev–Trinajstić information content (AvgIpc) is 2.27. The molecule has 1 rings (SSSR count). The number of hydrogen-bond acceptors (Lipinski definition) is 4. The highest BCUT2D eigenvalue weighted by molar-refractivity contribution is 5.93. The Morgan fingerprint density at radius 1 is 1.50 bits per heavy atom. The van der Waals surface area contributed by atoms with Gasteiger partial charge >= 0.3 is 0 Å². The zero-order chi connectivity index (χ0) is 13.7. The van der Waals surface area contributed by atoms with Crippen LogP contribution in [0.1, 0.15) is 0 Å². The van der Waals surface area contributed by atoms with E-state index in [1.165, 1.54) is 25.3 Å². The number of methoxy groups -OCH3 is 1. The van der Waals surface area contributed by atoms with Crippen LogP contribution in [0.2, 0.25) is 0 Å². The van der Waals surface area contributed by atoms with Gasteiger partial charge in [-0.25, -0.2) is 0 Å². The first kappa shape index (κ1) is 13.9. The summed E-state index contributed by atoms with van der Waals surface area (Å²) in [6.45, 7) is 0.306. The Morgan fingerprint density at radius 2 is 2.17 bits per heavy atom. The van der Waals surface area contributed by atoms with E-state index >= 15 is 0 Å². The van der Waals surface area contributed by atoms with Gasteiger partial charge in [0.1, 0.15) is 5.75 Å². The number of anilines is 1. The SMILES string of the molecule is COc1cc([N+](=O)[O-])ccc1NC(=O)C[NH+](C)C. The first-order chi connectivity index (χ1) is 8.43. The fourth-order valence-electron chi connectivity index (χ4n) is 1.41. The van der Waals surface area contributed by atoms with Gasteiger partial charge in [0.25, 0.3) is 11.6 Å². The van der Waals surface area contributed by atoms with Crippen molar-refractivity contribution in [2.75, 3.05) is 33.1 Å². The van der Waals surface area contributed by atoms with Gasteiger partial charge in [-0.3, -0.25) is 14.9 Å². The maximum atomic E-state index is 11.6. The molecule has 1 amide bonds. The van der Waals surface area contributed by atoms with Crippen LogP contribution < -0.4 is 15.0 Å². The van der Waals surface area contributed by atoms with Crippen molar-refractivity contribution < 1.29 is 19.4 Å². The zero-order valence-electron chi connectivity index (χ0n) is 10.5. The molecule has 7 heteroatoms. The second-order valence-corrected chi connectivity index (χ2v) is 4.07. The van der Waals surface area contributed by atoms with Crippen LogP contribution in [0.3, 0.4) is 0 Å². The molecule has 18 heavy (non-hydrogen) atoms. The van der Waals surface area contributed by atoms with Gasteiger partial charge in [0, 0.05) is 6.07 Å². The van der Waals surface area contributed by atoms with Gasteiger partial charge in [0.15, 0.2) is 6.54 Å². The van der Waals surface area contributed by atoms with Crippen LogP contribution in [-0.2, 0) is 4.79 Å². The molecular formula is C11H16N3O4+. The van der Waals surface area contributed by atoms with E-state index < -0.39 is 4.92 Å². The number of non-ortho nitro benzene ring substituents is 1. The summed E-state index contributed by atoms with van der Waals surface area (Å²) in [6.07, 6.45) is 0. The molecule has 0 bridgehead atoms. The summed E-state index contributed by atoms with van der Waals surface area (Å²) in [5, 5.41) is 13.3. The van der Waals surface area contributed by atoms with Crippen molar-refractivity contribution in [3.63, 3.8) is 0 Å². The maximum absolute atomic E-state index is 11.6. The van der Waals surface area contributed by atoms with Crippen molar-refractivity contribution in [2.24, 2.45) is 0 Å². The summed E-state index contributed by atoms with van der Waals surface area (Å²) >= 11 is 0. The van der Waals surface area contributed by atoms with Crippen LogP contribution in [0.5, 0.6) is 5.75 Å². The van der Waals surface area contributed by atoms with Crippen LogP contribution >= 0.6 is 0 Å². The molecule has 0 aliphatic rings. The second-order valence-electron chi connectivity index (χ2n) is 4.07. The molecule has 0 fully saturated rings. The number of rotatable bonds is 5. The van der Waals surface area contributed by atoms with Gasteiger partial charge in [-0.05, 0) is 6.07 Å². The van der Waals surface area contributed by atoms with Gasteiger partial charge in [-0.1, -0.05) is 0 Å². The first-order valence-corrected chi connectivity index (χ1v) is 5.35. The third-order valence-electron chi connectivity index (χ3n) is 2.18. The van der Waals surface area contributed by atoms with Crippen LogP contribution in [-0.4, -0.2) is 38.6 Å². The fourth-order valence-corrected chi connectivity index (χ4v) is 1.41. The highest BCUT2D eigenvalue weighted by Crippen LogP contribution is 2.28. The predicted octanol–water partition coefficient (Wildman–Crippen LogP) is -0.314. The third kappa shape index (κ3) is 3.70. The minimum atomic E-state index is -0.516. The Bertz CT molecular complexity index is 460. The molecule has 0 radical (unpaired) electrons. The number of nitro benzene ring substituents is 1. The Labute approximate surface area is 104 Å². The minimum Gasteiger partial charge on any atom is -0.494 e. The lowest BCUT2D eigenvalue weighted by atomic mass is 10.2. The number of ether oxygens (including phenoxy) is 1. The van der Waals surface area contributed by atoms with Gasteiger partial charge in [-0.15, -0.1) is 0 Å². The van der Waals surface area contributed by atoms with Crippen molar-refractivity contribution in [1.29, 1.82) is 0 Å². The number of likely N-dealkylation sites (N-methyl/N-ethyl adjacent to an activating group) is 1. The van der Waals surface area contributed by atoms with E-state index in [0.717, 1.165) is 4.90 Å². The molecule has 7 nitrogen and oxygen atoms in total. The zero-order valence-corrected chi connectivity index (χ0v) is 10.5. The maximum Gasteiger partial charge on any atom is 0.279 e. The monoisotopic (exact) mass is 254 g/mol. The number of nitrogens with one attached hydrogen (secondary N) is 2. The number of carbonyl (C=O) groups excluding carboxylic acids is 1. The standard InChI is InChI=1S/C11H15N3O4/c1-13(2)7-11(15)12-9-5-4-8(14(16)17)6-10(9)18-3/h4-6H,7H2,1-3H3,(H,12,15)/p+1. The second kappa shape index (κ2) is 5.97. The molecule has 98 valence electrons. The van der Waals surface area contributed by atoms with Crippen molar-refractivity contribution >= 4 is 17.3 Å². The third-order valence-corrected chi connectivity index (χ3v) is 2.18. The lowest BCUT2D eigenvalue weighted by Gasteiger charge is -2.11. The van der Waals surface area contributed by atoms with E-state index in [1.54, 1.807) is 0 Å². The Hall–Kier alpha value is -2.15. The van der Waals surface area contributed by atoms with E-state index in [0.29, 0.717) is 12.2 Å². The quantitative estimate of drug-likeness (QED) is 0.557. The summed E-state index contributed by atoms with van der Waals surface area (Å²) in [5.41, 5.74) is 0.345. The number of amides is 1. The summed E-state index contributed by atoms with van der Waals surface area (Å²) < 4.78 is 5.02. The van der Waals surface area contributed by atoms with E-state index in [4.69, 9.17) is 4.74 Å². The molecule has 0 spiro atoms. The lowest BCUT2D eigenvalue weighted by Crippen LogP contribution is -3.06. The van der Waals surface area contributed by atoms with Crippen LogP contribution in [0, 0.1) is 10.1 Å². The van der Waals surface area contributed by atoms with Crippen molar-refractivity contribution in [3.8, 4) is 5.75 Å². The highest BCUT2D eigenvalue weighted by Gasteiger charge is 2.14. The Morgan fingerprint density at radius 3 is 2.67 bits per heavy atom. The molecule has 1 aromatic rings. The molecule has 0 aliphatic carbocycles. The van der Waals surface area contributed by atoms with Gasteiger partial charge < -0.3 is 15.0 Å². The van der Waals surface area contributed by atoms with Crippen LogP contribution in [0.15, 0.2) is 18.2 Å². The van der Waals surface area contributed by atoms with Crippen molar-refractivity contribution in [3.05, 3.63) is 28.3 Å². The summed E-state index contributed by atoms with van der Waals surface area (Å²) in [6, 6.07) is 4.05. The number of carbonyl (C=O) groups is 1. The summed E-state index contributed by atoms with van der Waals surface area (Å²) in [5.74, 6) is 0.0912. The summed E-state index contributed by atoms with van der Waals surface area (Å²) in [7, 11) is 5.10. The topological polar surface area (TPSA) is 85.9 Å². The van der Waals surface area contributed by atoms with Crippen molar-refractivity contribution in [2.45, 2.75) is 0 Å². The number of benzene rings is 1. The average molecular weight is 254 g/mol. The Balaban J connectivity index is 2.89. The van der Waals surface area contributed by atoms with E-state index in [2.05, 4.69) is 5.32 Å². The number of hydrogen-bond donors (Lipinski definition) is 2. The molecule has 0 saturated heterocycles. The lowest BCUT2D eigenvalue weighted by molar-refractivity contribution is -0.849. The molecule has 1 aromatic carbocycles. The van der Waals surface area contributed by atoms with E-state index in [-0.39, 0.29) is 17.3 Å².